The number of aryl methyl sites for hydroxylation is 1. The van der Waals surface area contributed by atoms with Gasteiger partial charge in [-0.1, -0.05) is 36.4 Å². The molecule has 0 fully saturated rings. The molecule has 5 rings (SSSR count). The molecule has 0 saturated carbocycles. The van der Waals surface area contributed by atoms with E-state index in [2.05, 4.69) is 30.7 Å². The number of benzene rings is 2. The maximum absolute atomic E-state index is 12.5. The van der Waals surface area contributed by atoms with Crippen molar-refractivity contribution in [3.8, 4) is 11.3 Å². The van der Waals surface area contributed by atoms with Gasteiger partial charge in [-0.05, 0) is 25.1 Å². The van der Waals surface area contributed by atoms with E-state index < -0.39 is 0 Å². The summed E-state index contributed by atoms with van der Waals surface area (Å²) in [4.78, 5) is 19.0. The van der Waals surface area contributed by atoms with Crippen molar-refractivity contribution in [2.75, 3.05) is 0 Å². The SMILES string of the molecule is Cc1[nH]c2ccccc2c1/C=N\NC(=O)c1cc(-c2c[nH]c3ccccc23)n[nH]1. The third-order valence-corrected chi connectivity index (χ3v) is 4.99. The Balaban J connectivity index is 1.35. The third kappa shape index (κ3) is 2.98. The normalized spacial score (nSPS) is 11.6. The van der Waals surface area contributed by atoms with Crippen LogP contribution < -0.4 is 5.43 Å². The minimum Gasteiger partial charge on any atom is -0.360 e. The van der Waals surface area contributed by atoms with Crippen molar-refractivity contribution >= 4 is 33.9 Å². The first-order valence-corrected chi connectivity index (χ1v) is 9.23. The van der Waals surface area contributed by atoms with Gasteiger partial charge in [-0.25, -0.2) is 5.43 Å². The molecular formula is C22H18N6O. The van der Waals surface area contributed by atoms with Crippen molar-refractivity contribution in [3.05, 3.63) is 77.7 Å². The van der Waals surface area contributed by atoms with Gasteiger partial charge in [-0.2, -0.15) is 10.2 Å². The van der Waals surface area contributed by atoms with Crippen LogP contribution in [0.25, 0.3) is 33.1 Å². The Morgan fingerprint density at radius 3 is 2.69 bits per heavy atom. The minimum atomic E-state index is -0.350. The lowest BCUT2D eigenvalue weighted by atomic mass is 10.1. The van der Waals surface area contributed by atoms with Gasteiger partial charge < -0.3 is 9.97 Å². The predicted molar refractivity (Wildman–Crippen MR) is 114 cm³/mol. The fourth-order valence-electron chi connectivity index (χ4n) is 3.54. The van der Waals surface area contributed by atoms with Crippen LogP contribution in [-0.4, -0.2) is 32.3 Å². The summed E-state index contributed by atoms with van der Waals surface area (Å²) < 4.78 is 0. The summed E-state index contributed by atoms with van der Waals surface area (Å²) in [7, 11) is 0. The zero-order valence-electron chi connectivity index (χ0n) is 15.7. The Bertz CT molecular complexity index is 1370. The summed E-state index contributed by atoms with van der Waals surface area (Å²) in [6, 6.07) is 17.7. The number of aromatic amines is 3. The van der Waals surface area contributed by atoms with E-state index in [0.29, 0.717) is 11.4 Å². The number of amides is 1. The molecule has 0 aliphatic heterocycles. The average Bonchev–Trinajstić information content (AvgIpc) is 3.45. The number of nitrogens with one attached hydrogen (secondary N) is 4. The molecule has 7 heteroatoms. The molecule has 2 aromatic carbocycles. The van der Waals surface area contributed by atoms with Gasteiger partial charge in [0.15, 0.2) is 0 Å². The van der Waals surface area contributed by atoms with Gasteiger partial charge in [0.05, 0.1) is 11.9 Å². The molecule has 7 nitrogen and oxygen atoms in total. The van der Waals surface area contributed by atoms with Crippen LogP contribution in [0.5, 0.6) is 0 Å². The van der Waals surface area contributed by atoms with E-state index in [9.17, 15) is 4.79 Å². The van der Waals surface area contributed by atoms with Crippen molar-refractivity contribution in [3.63, 3.8) is 0 Å². The largest absolute Gasteiger partial charge is 0.360 e. The molecular weight excluding hydrogens is 364 g/mol. The van der Waals surface area contributed by atoms with E-state index in [1.165, 1.54) is 0 Å². The molecule has 1 amide bonds. The molecule has 29 heavy (non-hydrogen) atoms. The highest BCUT2D eigenvalue weighted by Gasteiger charge is 2.13. The van der Waals surface area contributed by atoms with Crippen LogP contribution in [0.2, 0.25) is 0 Å². The van der Waals surface area contributed by atoms with Gasteiger partial charge in [-0.3, -0.25) is 9.89 Å². The fourth-order valence-corrected chi connectivity index (χ4v) is 3.54. The van der Waals surface area contributed by atoms with E-state index in [0.717, 1.165) is 38.6 Å². The van der Waals surface area contributed by atoms with Crippen LogP contribution in [-0.2, 0) is 0 Å². The highest BCUT2D eigenvalue weighted by Crippen LogP contribution is 2.27. The van der Waals surface area contributed by atoms with Gasteiger partial charge in [0.2, 0.25) is 0 Å². The lowest BCUT2D eigenvalue weighted by Gasteiger charge is -1.96. The summed E-state index contributed by atoms with van der Waals surface area (Å²) in [5.74, 6) is -0.350. The number of hydrazone groups is 1. The summed E-state index contributed by atoms with van der Waals surface area (Å²) >= 11 is 0. The number of aromatic nitrogens is 4. The van der Waals surface area contributed by atoms with Crippen LogP contribution in [0.15, 0.2) is 65.9 Å². The Kier molecular flexibility index (Phi) is 3.98. The Labute approximate surface area is 165 Å². The fraction of sp³-hybridized carbons (Fsp3) is 0.0455. The van der Waals surface area contributed by atoms with Gasteiger partial charge in [0.1, 0.15) is 5.69 Å². The second-order valence-corrected chi connectivity index (χ2v) is 6.82. The zero-order valence-corrected chi connectivity index (χ0v) is 15.7. The van der Waals surface area contributed by atoms with Crippen LogP contribution in [0, 0.1) is 6.92 Å². The molecule has 0 atom stereocenters. The first-order chi connectivity index (χ1) is 14.2. The van der Waals surface area contributed by atoms with E-state index in [1.54, 1.807) is 12.3 Å². The molecule has 4 N–H and O–H groups in total. The quantitative estimate of drug-likeness (QED) is 0.278. The molecule has 0 unspecified atom stereocenters. The summed E-state index contributed by atoms with van der Waals surface area (Å²) in [6.07, 6.45) is 3.55. The number of nitrogens with zero attached hydrogens (tertiary/aromatic N) is 2. The molecule has 0 radical (unpaired) electrons. The van der Waals surface area contributed by atoms with E-state index in [-0.39, 0.29) is 5.91 Å². The molecule has 3 heterocycles. The van der Waals surface area contributed by atoms with E-state index in [4.69, 9.17) is 0 Å². The first kappa shape index (κ1) is 17.0. The number of carbonyl (C=O) groups is 1. The second kappa shape index (κ2) is 6.79. The number of rotatable bonds is 4. The molecule has 0 aliphatic rings. The Morgan fingerprint density at radius 1 is 1.07 bits per heavy atom. The number of carbonyl (C=O) groups excluding carboxylic acids is 1. The zero-order chi connectivity index (χ0) is 19.8. The van der Waals surface area contributed by atoms with Crippen molar-refractivity contribution in [2.24, 2.45) is 5.10 Å². The number of hydrogen-bond acceptors (Lipinski definition) is 3. The predicted octanol–water partition coefficient (Wildman–Crippen LogP) is 4.11. The van der Waals surface area contributed by atoms with Gasteiger partial charge in [-0.15, -0.1) is 0 Å². The smallest absolute Gasteiger partial charge is 0.289 e. The lowest BCUT2D eigenvalue weighted by molar-refractivity contribution is 0.0950. The third-order valence-electron chi connectivity index (χ3n) is 4.99. The molecule has 0 spiro atoms. The Hall–Kier alpha value is -4.13. The number of para-hydroxylation sites is 2. The second-order valence-electron chi connectivity index (χ2n) is 6.82. The molecule has 5 aromatic rings. The minimum absolute atomic E-state index is 0.345. The summed E-state index contributed by atoms with van der Waals surface area (Å²) in [6.45, 7) is 1.98. The number of H-pyrrole nitrogens is 3. The van der Waals surface area contributed by atoms with Gasteiger partial charge >= 0.3 is 0 Å². The van der Waals surface area contributed by atoms with Gasteiger partial charge in [0, 0.05) is 44.8 Å². The van der Waals surface area contributed by atoms with Crippen LogP contribution in [0.1, 0.15) is 21.7 Å². The monoisotopic (exact) mass is 382 g/mol. The van der Waals surface area contributed by atoms with Gasteiger partial charge in [0.25, 0.3) is 5.91 Å². The van der Waals surface area contributed by atoms with Crippen LogP contribution >= 0.6 is 0 Å². The Morgan fingerprint density at radius 2 is 1.83 bits per heavy atom. The standard InChI is InChI=1S/C22H18N6O/c1-13-16(14-6-3-5-9-19(14)25-13)12-24-28-22(29)21-10-20(26-27-21)17-11-23-18-8-4-2-7-15(17)18/h2-12,23,25H,1H3,(H,26,27)(H,28,29)/b24-12-. The van der Waals surface area contributed by atoms with Crippen LogP contribution in [0.3, 0.4) is 0 Å². The topological polar surface area (TPSA) is 102 Å². The molecule has 0 bridgehead atoms. The lowest BCUT2D eigenvalue weighted by Crippen LogP contribution is -2.18. The van der Waals surface area contributed by atoms with Crippen molar-refractivity contribution in [1.82, 2.24) is 25.6 Å². The van der Waals surface area contributed by atoms with E-state index >= 15 is 0 Å². The average molecular weight is 382 g/mol. The van der Waals surface area contributed by atoms with Crippen molar-refractivity contribution < 1.29 is 4.79 Å². The highest BCUT2D eigenvalue weighted by molar-refractivity contribution is 6.02. The van der Waals surface area contributed by atoms with E-state index in [1.807, 2.05) is 61.7 Å². The van der Waals surface area contributed by atoms with Crippen molar-refractivity contribution in [2.45, 2.75) is 6.92 Å². The first-order valence-electron chi connectivity index (χ1n) is 9.23. The number of hydrogen-bond donors (Lipinski definition) is 4. The maximum Gasteiger partial charge on any atom is 0.289 e. The summed E-state index contributed by atoms with van der Waals surface area (Å²) in [5, 5.41) is 13.3. The maximum atomic E-state index is 12.5. The highest BCUT2D eigenvalue weighted by atomic mass is 16.2. The summed E-state index contributed by atoms with van der Waals surface area (Å²) in [5.41, 5.74) is 8.55. The van der Waals surface area contributed by atoms with Crippen molar-refractivity contribution in [1.29, 1.82) is 0 Å². The van der Waals surface area contributed by atoms with Crippen LogP contribution in [0.4, 0.5) is 0 Å². The number of fused-ring (bicyclic) bond motifs is 2. The molecule has 0 aliphatic carbocycles. The molecule has 0 saturated heterocycles. The molecule has 142 valence electrons. The molecule has 3 aromatic heterocycles.